The molecule has 0 heterocycles. The maximum atomic E-state index is 11.6. The van der Waals surface area contributed by atoms with E-state index < -0.39 is 5.97 Å². The molecule has 0 bridgehead atoms. The maximum Gasteiger partial charge on any atom is 0.335 e. The Bertz CT molecular complexity index is 1300. The van der Waals surface area contributed by atoms with Crippen LogP contribution in [0.2, 0.25) is 0 Å². The SMILES string of the molecule is O=CCCCCN(CCc1ccccc1CCc1ccc2c(c1)CCC2)[C@H]1CCCc2cc(C(=O)O)ccc21. The molecule has 1 atom stereocenters. The predicted molar refractivity (Wildman–Crippen MR) is 157 cm³/mol. The Hall–Kier alpha value is -3.24. The number of rotatable bonds is 13. The minimum atomic E-state index is -0.859. The number of carboxylic acid groups (broad SMARTS) is 1. The van der Waals surface area contributed by atoms with Crippen LogP contribution in [0.4, 0.5) is 0 Å². The van der Waals surface area contributed by atoms with Crippen LogP contribution in [0.5, 0.6) is 0 Å². The van der Waals surface area contributed by atoms with Gasteiger partial charge in [0.1, 0.15) is 6.29 Å². The molecule has 3 aromatic rings. The van der Waals surface area contributed by atoms with Crippen molar-refractivity contribution in [3.63, 3.8) is 0 Å². The van der Waals surface area contributed by atoms with Gasteiger partial charge in [0, 0.05) is 19.0 Å². The van der Waals surface area contributed by atoms with Crippen molar-refractivity contribution in [2.75, 3.05) is 13.1 Å². The first-order valence-electron chi connectivity index (χ1n) is 14.8. The number of carboxylic acids is 1. The number of carbonyl (C=O) groups excluding carboxylic acids is 1. The minimum Gasteiger partial charge on any atom is -0.478 e. The molecule has 4 nitrogen and oxygen atoms in total. The lowest BCUT2D eigenvalue weighted by molar-refractivity contribution is -0.107. The van der Waals surface area contributed by atoms with Gasteiger partial charge < -0.3 is 9.90 Å². The van der Waals surface area contributed by atoms with Crippen molar-refractivity contribution in [1.82, 2.24) is 4.90 Å². The normalized spacial score (nSPS) is 16.2. The van der Waals surface area contributed by atoms with Gasteiger partial charge in [-0.3, -0.25) is 4.90 Å². The fourth-order valence-corrected chi connectivity index (χ4v) is 6.64. The summed E-state index contributed by atoms with van der Waals surface area (Å²) in [6, 6.07) is 22.0. The summed E-state index contributed by atoms with van der Waals surface area (Å²) >= 11 is 0. The molecule has 0 amide bonds. The molecule has 0 aromatic heterocycles. The summed E-state index contributed by atoms with van der Waals surface area (Å²) in [4.78, 5) is 25.1. The van der Waals surface area contributed by atoms with E-state index in [9.17, 15) is 14.7 Å². The van der Waals surface area contributed by atoms with Gasteiger partial charge >= 0.3 is 5.97 Å². The molecule has 0 aliphatic heterocycles. The zero-order valence-electron chi connectivity index (χ0n) is 23.0. The molecular weight excluding hydrogens is 482 g/mol. The second-order valence-corrected chi connectivity index (χ2v) is 11.3. The van der Waals surface area contributed by atoms with Crippen molar-refractivity contribution in [2.24, 2.45) is 0 Å². The highest BCUT2D eigenvalue weighted by molar-refractivity contribution is 5.88. The number of fused-ring (bicyclic) bond motifs is 2. The van der Waals surface area contributed by atoms with E-state index in [1.807, 2.05) is 12.1 Å². The quantitative estimate of drug-likeness (QED) is 0.195. The van der Waals surface area contributed by atoms with Gasteiger partial charge in [0.2, 0.25) is 0 Å². The molecule has 2 aliphatic rings. The Balaban J connectivity index is 1.29. The van der Waals surface area contributed by atoms with E-state index in [1.165, 1.54) is 52.6 Å². The van der Waals surface area contributed by atoms with Crippen LogP contribution in [0.15, 0.2) is 60.7 Å². The first kappa shape index (κ1) is 27.3. The molecule has 0 fully saturated rings. The van der Waals surface area contributed by atoms with Crippen LogP contribution >= 0.6 is 0 Å². The van der Waals surface area contributed by atoms with Crippen LogP contribution < -0.4 is 0 Å². The van der Waals surface area contributed by atoms with E-state index in [0.717, 1.165) is 70.7 Å². The van der Waals surface area contributed by atoms with Crippen molar-refractivity contribution in [2.45, 2.75) is 83.1 Å². The Morgan fingerprint density at radius 2 is 1.62 bits per heavy atom. The number of aldehydes is 1. The topological polar surface area (TPSA) is 57.6 Å². The lowest BCUT2D eigenvalue weighted by Gasteiger charge is -2.36. The third kappa shape index (κ3) is 6.86. The first-order valence-corrected chi connectivity index (χ1v) is 14.8. The molecule has 204 valence electrons. The molecule has 0 saturated carbocycles. The molecule has 4 heteroatoms. The number of hydrogen-bond acceptors (Lipinski definition) is 3. The molecule has 2 aliphatic carbocycles. The van der Waals surface area contributed by atoms with Crippen LogP contribution in [0, 0.1) is 0 Å². The highest BCUT2D eigenvalue weighted by atomic mass is 16.4. The Labute approximate surface area is 233 Å². The number of unbranched alkanes of at least 4 members (excludes halogenated alkanes) is 2. The monoisotopic (exact) mass is 523 g/mol. The summed E-state index contributed by atoms with van der Waals surface area (Å²) < 4.78 is 0. The van der Waals surface area contributed by atoms with Gasteiger partial charge in [-0.25, -0.2) is 4.79 Å². The molecule has 0 radical (unpaired) electrons. The van der Waals surface area contributed by atoms with Crippen molar-refractivity contribution < 1.29 is 14.7 Å². The molecule has 1 N–H and O–H groups in total. The van der Waals surface area contributed by atoms with E-state index >= 15 is 0 Å². The van der Waals surface area contributed by atoms with Gasteiger partial charge in [0.25, 0.3) is 0 Å². The van der Waals surface area contributed by atoms with Gasteiger partial charge in [-0.2, -0.15) is 0 Å². The van der Waals surface area contributed by atoms with Gasteiger partial charge in [-0.15, -0.1) is 0 Å². The summed E-state index contributed by atoms with van der Waals surface area (Å²) in [5.74, 6) is -0.859. The number of carbonyl (C=O) groups is 2. The Morgan fingerprint density at radius 3 is 2.44 bits per heavy atom. The standard InChI is InChI=1S/C35H41NO3/c37-23-5-1-4-21-36(34-13-7-12-31-25-32(35(38)39)18-19-33(31)34)22-20-29-9-3-2-8-27(29)16-14-26-15-17-28-10-6-11-30(28)24-26/h2-3,8-9,15,17-19,23-25,34H,1,4-7,10-14,16,20-22H2,(H,38,39)/t34-/m0/s1. The van der Waals surface area contributed by atoms with E-state index in [4.69, 9.17) is 0 Å². The van der Waals surface area contributed by atoms with Gasteiger partial charge in [0.15, 0.2) is 0 Å². The van der Waals surface area contributed by atoms with Crippen LogP contribution in [-0.4, -0.2) is 35.4 Å². The number of aryl methyl sites for hydroxylation is 5. The van der Waals surface area contributed by atoms with Crippen molar-refractivity contribution in [1.29, 1.82) is 0 Å². The van der Waals surface area contributed by atoms with Gasteiger partial charge in [-0.05, 0) is 128 Å². The van der Waals surface area contributed by atoms with Gasteiger partial charge in [0.05, 0.1) is 5.56 Å². The van der Waals surface area contributed by atoms with Crippen LogP contribution in [-0.2, 0) is 43.3 Å². The fraction of sp³-hybridized carbons (Fsp3) is 0.429. The summed E-state index contributed by atoms with van der Waals surface area (Å²) in [5, 5.41) is 9.48. The number of hydrogen-bond donors (Lipinski definition) is 1. The lowest BCUT2D eigenvalue weighted by atomic mass is 9.85. The largest absolute Gasteiger partial charge is 0.478 e. The molecule has 0 unspecified atom stereocenters. The predicted octanol–water partition coefficient (Wildman–Crippen LogP) is 6.95. The molecule has 3 aromatic carbocycles. The average molecular weight is 524 g/mol. The second-order valence-electron chi connectivity index (χ2n) is 11.3. The highest BCUT2D eigenvalue weighted by Crippen LogP contribution is 2.35. The van der Waals surface area contributed by atoms with Gasteiger partial charge in [-0.1, -0.05) is 48.5 Å². The molecule has 0 saturated heterocycles. The third-order valence-corrected chi connectivity index (χ3v) is 8.76. The summed E-state index contributed by atoms with van der Waals surface area (Å²) in [6.45, 7) is 1.91. The van der Waals surface area contributed by atoms with E-state index in [-0.39, 0.29) is 0 Å². The van der Waals surface area contributed by atoms with Crippen LogP contribution in [0.1, 0.15) is 93.9 Å². The zero-order chi connectivity index (χ0) is 27.0. The van der Waals surface area contributed by atoms with Crippen molar-refractivity contribution in [3.8, 4) is 0 Å². The lowest BCUT2D eigenvalue weighted by Crippen LogP contribution is -2.34. The number of aromatic carboxylic acids is 1. The molecular formula is C35H41NO3. The number of benzene rings is 3. The Kier molecular flexibility index (Phi) is 9.26. The van der Waals surface area contributed by atoms with Crippen molar-refractivity contribution >= 4 is 12.3 Å². The van der Waals surface area contributed by atoms with Crippen LogP contribution in [0.25, 0.3) is 0 Å². The molecule has 0 spiro atoms. The minimum absolute atomic E-state index is 0.298. The number of nitrogens with zero attached hydrogens (tertiary/aromatic N) is 1. The Morgan fingerprint density at radius 1 is 0.821 bits per heavy atom. The average Bonchev–Trinajstić information content (AvgIpc) is 3.44. The fourth-order valence-electron chi connectivity index (χ4n) is 6.64. The second kappa shape index (κ2) is 13.2. The smallest absolute Gasteiger partial charge is 0.335 e. The molecule has 5 rings (SSSR count). The van der Waals surface area contributed by atoms with Crippen molar-refractivity contribution in [3.05, 3.63) is 105 Å². The first-order chi connectivity index (χ1) is 19.1. The zero-order valence-corrected chi connectivity index (χ0v) is 23.0. The van der Waals surface area contributed by atoms with Crippen LogP contribution in [0.3, 0.4) is 0 Å². The summed E-state index contributed by atoms with van der Waals surface area (Å²) in [6.07, 6.45) is 13.5. The summed E-state index contributed by atoms with van der Waals surface area (Å²) in [7, 11) is 0. The van der Waals surface area contributed by atoms with E-state index in [2.05, 4.69) is 47.4 Å². The third-order valence-electron chi connectivity index (χ3n) is 8.76. The highest BCUT2D eigenvalue weighted by Gasteiger charge is 2.26. The van der Waals surface area contributed by atoms with E-state index in [0.29, 0.717) is 18.0 Å². The molecule has 39 heavy (non-hydrogen) atoms. The maximum absolute atomic E-state index is 11.6. The van der Waals surface area contributed by atoms with E-state index in [1.54, 1.807) is 11.6 Å². The summed E-state index contributed by atoms with van der Waals surface area (Å²) in [5.41, 5.74) is 10.2.